The van der Waals surface area contributed by atoms with E-state index in [0.717, 1.165) is 10.7 Å². The fraction of sp³-hybridized carbons (Fsp3) is 0.259. The molecule has 1 atom stereocenters. The minimum Gasteiger partial charge on any atom is -0.492 e. The largest absolute Gasteiger partial charge is 0.492 e. The van der Waals surface area contributed by atoms with Crippen LogP contribution in [0.5, 0.6) is 5.75 Å². The summed E-state index contributed by atoms with van der Waals surface area (Å²) in [5.41, 5.74) is 0.818. The summed E-state index contributed by atoms with van der Waals surface area (Å²) in [6, 6.07) is 21.1. The van der Waals surface area contributed by atoms with Gasteiger partial charge in [0.15, 0.2) is 0 Å². The van der Waals surface area contributed by atoms with Gasteiger partial charge in [0.25, 0.3) is 15.9 Å². The van der Waals surface area contributed by atoms with Gasteiger partial charge in [-0.2, -0.15) is 0 Å². The summed E-state index contributed by atoms with van der Waals surface area (Å²) in [6.45, 7) is 5.44. The highest BCUT2D eigenvalue weighted by Crippen LogP contribution is 2.32. The van der Waals surface area contributed by atoms with Crippen molar-refractivity contribution in [2.75, 3.05) is 22.8 Å². The summed E-state index contributed by atoms with van der Waals surface area (Å²) in [5.74, 6) is -0.596. The van der Waals surface area contributed by atoms with Gasteiger partial charge in [-0.15, -0.1) is 0 Å². The Balaban J connectivity index is 1.95. The standard InChI is InChI=1S/C27H31N3O5S/c1-4-20(3)28-27(32)22-15-9-10-16-23(22)29-26(31)19-30(24-17-11-12-18-25(24)35-5-2)36(33,34)21-13-7-6-8-14-21/h6-18,20H,4-5,19H2,1-3H3,(H,28,32)(H,29,31)/t20-/m0/s1. The molecule has 0 aliphatic rings. The maximum absolute atomic E-state index is 13.6. The molecule has 3 rings (SSSR count). The third-order valence-corrected chi connectivity index (χ3v) is 7.26. The van der Waals surface area contributed by atoms with Crippen LogP contribution in [0.4, 0.5) is 11.4 Å². The number of amides is 2. The quantitative estimate of drug-likeness (QED) is 0.397. The maximum Gasteiger partial charge on any atom is 0.264 e. The second kappa shape index (κ2) is 12.2. The van der Waals surface area contributed by atoms with Crippen LogP contribution in [0.15, 0.2) is 83.8 Å². The molecule has 0 saturated carbocycles. The number of hydrogen-bond acceptors (Lipinski definition) is 5. The molecule has 3 aromatic carbocycles. The monoisotopic (exact) mass is 509 g/mol. The molecule has 0 aliphatic carbocycles. The van der Waals surface area contributed by atoms with Crippen LogP contribution in [0.2, 0.25) is 0 Å². The maximum atomic E-state index is 13.6. The lowest BCUT2D eigenvalue weighted by Crippen LogP contribution is -2.39. The van der Waals surface area contributed by atoms with Gasteiger partial charge in [0, 0.05) is 6.04 Å². The van der Waals surface area contributed by atoms with Gasteiger partial charge in [0.1, 0.15) is 12.3 Å². The number of ether oxygens (including phenoxy) is 1. The molecule has 0 saturated heterocycles. The lowest BCUT2D eigenvalue weighted by molar-refractivity contribution is -0.114. The third kappa shape index (κ3) is 6.42. The van der Waals surface area contributed by atoms with Crippen LogP contribution in [0.1, 0.15) is 37.6 Å². The molecule has 0 radical (unpaired) electrons. The topological polar surface area (TPSA) is 105 Å². The highest BCUT2D eigenvalue weighted by Gasteiger charge is 2.29. The van der Waals surface area contributed by atoms with Crippen molar-refractivity contribution >= 4 is 33.2 Å². The molecule has 3 aromatic rings. The van der Waals surface area contributed by atoms with Gasteiger partial charge in [-0.3, -0.25) is 13.9 Å². The number of para-hydroxylation sites is 3. The summed E-state index contributed by atoms with van der Waals surface area (Å²) < 4.78 is 33.9. The smallest absolute Gasteiger partial charge is 0.264 e. The Labute approximate surface area is 212 Å². The van der Waals surface area contributed by atoms with E-state index in [1.807, 2.05) is 13.8 Å². The van der Waals surface area contributed by atoms with E-state index in [1.165, 1.54) is 12.1 Å². The van der Waals surface area contributed by atoms with Crippen LogP contribution in [0.3, 0.4) is 0 Å². The Kier molecular flexibility index (Phi) is 9.08. The molecule has 0 aliphatic heterocycles. The molecule has 0 aromatic heterocycles. The summed E-state index contributed by atoms with van der Waals surface area (Å²) in [6.07, 6.45) is 0.756. The lowest BCUT2D eigenvalue weighted by Gasteiger charge is -2.26. The summed E-state index contributed by atoms with van der Waals surface area (Å²) in [7, 11) is -4.11. The van der Waals surface area contributed by atoms with E-state index in [1.54, 1.807) is 73.7 Å². The molecular formula is C27H31N3O5S. The van der Waals surface area contributed by atoms with Crippen molar-refractivity contribution in [2.45, 2.75) is 38.1 Å². The third-order valence-electron chi connectivity index (χ3n) is 5.49. The molecule has 8 nitrogen and oxygen atoms in total. The van der Waals surface area contributed by atoms with E-state index < -0.39 is 22.5 Å². The van der Waals surface area contributed by atoms with Gasteiger partial charge >= 0.3 is 0 Å². The highest BCUT2D eigenvalue weighted by molar-refractivity contribution is 7.92. The van der Waals surface area contributed by atoms with Gasteiger partial charge in [-0.25, -0.2) is 8.42 Å². The Morgan fingerprint density at radius 2 is 1.56 bits per heavy atom. The van der Waals surface area contributed by atoms with Crippen molar-refractivity contribution in [1.29, 1.82) is 0 Å². The molecule has 2 N–H and O–H groups in total. The first-order chi connectivity index (χ1) is 17.3. The van der Waals surface area contributed by atoms with Gasteiger partial charge in [-0.05, 0) is 56.7 Å². The zero-order valence-corrected chi connectivity index (χ0v) is 21.4. The van der Waals surface area contributed by atoms with E-state index in [4.69, 9.17) is 4.74 Å². The minimum absolute atomic E-state index is 0.0390. The van der Waals surface area contributed by atoms with Gasteiger partial charge in [-0.1, -0.05) is 49.4 Å². The minimum atomic E-state index is -4.11. The fourth-order valence-electron chi connectivity index (χ4n) is 3.47. The normalized spacial score (nSPS) is 11.9. The number of sulfonamides is 1. The van der Waals surface area contributed by atoms with Crippen molar-refractivity contribution in [3.8, 4) is 5.75 Å². The van der Waals surface area contributed by atoms with E-state index in [-0.39, 0.29) is 22.5 Å². The Hall–Kier alpha value is -3.85. The average Bonchev–Trinajstić information content (AvgIpc) is 2.88. The number of carbonyl (C=O) groups excluding carboxylic acids is 2. The molecule has 190 valence electrons. The Morgan fingerprint density at radius 3 is 2.25 bits per heavy atom. The first-order valence-corrected chi connectivity index (χ1v) is 13.2. The zero-order chi connectivity index (χ0) is 26.1. The molecule has 0 heterocycles. The molecule has 36 heavy (non-hydrogen) atoms. The van der Waals surface area contributed by atoms with Crippen LogP contribution in [-0.4, -0.2) is 39.4 Å². The van der Waals surface area contributed by atoms with Gasteiger partial charge < -0.3 is 15.4 Å². The van der Waals surface area contributed by atoms with Crippen LogP contribution in [0.25, 0.3) is 0 Å². The average molecular weight is 510 g/mol. The predicted octanol–water partition coefficient (Wildman–Crippen LogP) is 4.45. The molecule has 0 unspecified atom stereocenters. The van der Waals surface area contributed by atoms with E-state index >= 15 is 0 Å². The van der Waals surface area contributed by atoms with Gasteiger partial charge in [0.2, 0.25) is 5.91 Å². The summed E-state index contributed by atoms with van der Waals surface area (Å²) >= 11 is 0. The number of benzene rings is 3. The Bertz CT molecular complexity index is 1300. The molecule has 0 bridgehead atoms. The van der Waals surface area contributed by atoms with Crippen LogP contribution >= 0.6 is 0 Å². The molecule has 2 amide bonds. The number of hydrogen-bond donors (Lipinski definition) is 2. The first-order valence-electron chi connectivity index (χ1n) is 11.8. The van der Waals surface area contributed by atoms with E-state index in [0.29, 0.717) is 23.6 Å². The highest BCUT2D eigenvalue weighted by atomic mass is 32.2. The SMILES string of the molecule is CCOc1ccccc1N(CC(=O)Nc1ccccc1C(=O)N[C@@H](C)CC)S(=O)(=O)c1ccccc1. The van der Waals surface area contributed by atoms with Crippen molar-refractivity contribution < 1.29 is 22.7 Å². The number of rotatable bonds is 11. The molecule has 0 spiro atoms. The van der Waals surface area contributed by atoms with Crippen LogP contribution in [-0.2, 0) is 14.8 Å². The Morgan fingerprint density at radius 1 is 0.917 bits per heavy atom. The second-order valence-electron chi connectivity index (χ2n) is 8.10. The summed E-state index contributed by atoms with van der Waals surface area (Å²) in [5, 5.41) is 5.59. The predicted molar refractivity (Wildman–Crippen MR) is 141 cm³/mol. The second-order valence-corrected chi connectivity index (χ2v) is 9.96. The van der Waals surface area contributed by atoms with E-state index in [9.17, 15) is 18.0 Å². The van der Waals surface area contributed by atoms with Crippen molar-refractivity contribution in [1.82, 2.24) is 5.32 Å². The molecular weight excluding hydrogens is 478 g/mol. The van der Waals surface area contributed by atoms with Crippen molar-refractivity contribution in [3.05, 3.63) is 84.4 Å². The van der Waals surface area contributed by atoms with Crippen molar-refractivity contribution in [2.24, 2.45) is 0 Å². The van der Waals surface area contributed by atoms with Crippen LogP contribution in [0, 0.1) is 0 Å². The summed E-state index contributed by atoms with van der Waals surface area (Å²) in [4.78, 5) is 26.0. The molecule has 0 fully saturated rings. The lowest BCUT2D eigenvalue weighted by atomic mass is 10.1. The zero-order valence-electron chi connectivity index (χ0n) is 20.6. The van der Waals surface area contributed by atoms with Crippen LogP contribution < -0.4 is 19.7 Å². The number of carbonyl (C=O) groups is 2. The first kappa shape index (κ1) is 26.7. The van der Waals surface area contributed by atoms with Crippen molar-refractivity contribution in [3.63, 3.8) is 0 Å². The van der Waals surface area contributed by atoms with E-state index in [2.05, 4.69) is 10.6 Å². The number of nitrogens with one attached hydrogen (secondary N) is 2. The van der Waals surface area contributed by atoms with Gasteiger partial charge in [0.05, 0.1) is 28.4 Å². The number of anilines is 2. The molecule has 9 heteroatoms. The number of nitrogens with zero attached hydrogens (tertiary/aromatic N) is 1. The fourth-order valence-corrected chi connectivity index (χ4v) is 4.93.